The molecule has 0 aliphatic carbocycles. The van der Waals surface area contributed by atoms with Gasteiger partial charge in [-0.1, -0.05) is 35.1 Å². The molecule has 0 radical (unpaired) electrons. The smallest absolute Gasteiger partial charge is 0.319 e. The third kappa shape index (κ3) is 4.38. The van der Waals surface area contributed by atoms with Crippen molar-refractivity contribution in [2.45, 2.75) is 50.7 Å². The van der Waals surface area contributed by atoms with E-state index in [2.05, 4.69) is 32.1 Å². The van der Waals surface area contributed by atoms with Crippen molar-refractivity contribution in [3.8, 4) is 17.1 Å². The SMILES string of the molecule is Cc1ccc(-c2c(Cl)cc3c(N4CC5CCC(C4)N5)nc(OC[C@@H]4CCCN4C)nc3c2F)c2nc(N)sc12. The van der Waals surface area contributed by atoms with Crippen LogP contribution in [0.1, 0.15) is 31.2 Å². The second-order valence-electron chi connectivity index (χ2n) is 11.1. The molecule has 3 N–H and O–H groups in total. The summed E-state index contributed by atoms with van der Waals surface area (Å²) >= 11 is 8.25. The van der Waals surface area contributed by atoms with Gasteiger partial charge in [0.25, 0.3) is 0 Å². The van der Waals surface area contributed by atoms with Crippen LogP contribution in [0.5, 0.6) is 6.01 Å². The summed E-state index contributed by atoms with van der Waals surface area (Å²) in [7, 11) is 2.10. The number of anilines is 2. The molecular formula is C28H31ClFN7OS. The third-order valence-electron chi connectivity index (χ3n) is 8.46. The highest BCUT2D eigenvalue weighted by atomic mass is 35.5. The van der Waals surface area contributed by atoms with E-state index in [1.165, 1.54) is 11.3 Å². The molecule has 11 heteroatoms. The first-order valence-corrected chi connectivity index (χ1v) is 14.7. The maximum Gasteiger partial charge on any atom is 0.319 e. The number of aryl methyl sites for hydroxylation is 1. The predicted molar refractivity (Wildman–Crippen MR) is 156 cm³/mol. The largest absolute Gasteiger partial charge is 0.462 e. The van der Waals surface area contributed by atoms with Crippen LogP contribution < -0.4 is 20.7 Å². The molecule has 2 unspecified atom stereocenters. The van der Waals surface area contributed by atoms with Crippen LogP contribution in [0.3, 0.4) is 0 Å². The van der Waals surface area contributed by atoms with Crippen molar-refractivity contribution < 1.29 is 9.13 Å². The van der Waals surface area contributed by atoms with Crippen molar-refractivity contribution in [2.75, 3.05) is 43.9 Å². The lowest BCUT2D eigenvalue weighted by Crippen LogP contribution is -2.51. The minimum atomic E-state index is -0.501. The summed E-state index contributed by atoms with van der Waals surface area (Å²) in [6.07, 6.45) is 4.45. The average molecular weight is 568 g/mol. The number of ether oxygens (including phenoxy) is 1. The number of benzene rings is 2. The van der Waals surface area contributed by atoms with Crippen LogP contribution in [0.15, 0.2) is 18.2 Å². The number of nitrogens with one attached hydrogen (secondary N) is 1. The Morgan fingerprint density at radius 1 is 1.15 bits per heavy atom. The number of hydrogen-bond donors (Lipinski definition) is 2. The highest BCUT2D eigenvalue weighted by Crippen LogP contribution is 2.43. The lowest BCUT2D eigenvalue weighted by Gasteiger charge is -2.34. The van der Waals surface area contributed by atoms with Crippen molar-refractivity contribution in [1.82, 2.24) is 25.2 Å². The second-order valence-corrected chi connectivity index (χ2v) is 12.5. The molecule has 3 aliphatic rings. The van der Waals surface area contributed by atoms with Gasteiger partial charge in [0, 0.05) is 47.7 Å². The van der Waals surface area contributed by atoms with E-state index < -0.39 is 5.82 Å². The molecule has 3 saturated heterocycles. The lowest BCUT2D eigenvalue weighted by atomic mass is 10.00. The van der Waals surface area contributed by atoms with Gasteiger partial charge in [0.1, 0.15) is 17.9 Å². The highest BCUT2D eigenvalue weighted by molar-refractivity contribution is 7.22. The number of nitrogen functional groups attached to an aromatic ring is 1. The molecule has 0 saturated carbocycles. The van der Waals surface area contributed by atoms with Gasteiger partial charge >= 0.3 is 6.01 Å². The molecular weight excluding hydrogens is 537 g/mol. The predicted octanol–water partition coefficient (Wildman–Crippen LogP) is 5.00. The standard InChI is InChI=1S/C28H31ClFN7OS/c1-14-5-8-18(24-25(14)39-27(31)33-24)21-20(29)10-19-23(22(21)30)34-28(38-13-17-4-3-9-36(17)2)35-26(19)37-11-15-6-7-16(12-37)32-15/h5,8,10,15-17,32H,3-4,6-7,9,11-13H2,1-2H3,(H2,31,33)/t15?,16?,17-/m0/s1. The zero-order valence-corrected chi connectivity index (χ0v) is 23.6. The average Bonchev–Trinajstić information content (AvgIpc) is 3.61. The molecule has 4 aromatic rings. The molecule has 3 atom stereocenters. The number of thiazole rings is 1. The fraction of sp³-hybridized carbons (Fsp3) is 0.464. The first-order chi connectivity index (χ1) is 18.9. The topological polar surface area (TPSA) is 92.4 Å². The van der Waals surface area contributed by atoms with E-state index in [0.29, 0.717) is 57.2 Å². The Hall–Kier alpha value is -2.79. The van der Waals surface area contributed by atoms with Gasteiger partial charge < -0.3 is 25.6 Å². The number of halogens is 2. The van der Waals surface area contributed by atoms with E-state index in [9.17, 15) is 0 Å². The maximum absolute atomic E-state index is 16.6. The number of piperazine rings is 1. The quantitative estimate of drug-likeness (QED) is 0.348. The molecule has 2 bridgehead atoms. The monoisotopic (exact) mass is 567 g/mol. The van der Waals surface area contributed by atoms with Gasteiger partial charge in [0.2, 0.25) is 0 Å². The Kier molecular flexibility index (Phi) is 6.26. The Balaban J connectivity index is 1.38. The van der Waals surface area contributed by atoms with Gasteiger partial charge in [0.05, 0.1) is 15.2 Å². The minimum Gasteiger partial charge on any atom is -0.462 e. The molecule has 0 spiro atoms. The van der Waals surface area contributed by atoms with E-state index in [4.69, 9.17) is 27.1 Å². The molecule has 3 fully saturated rings. The zero-order chi connectivity index (χ0) is 26.8. The van der Waals surface area contributed by atoms with Gasteiger partial charge in [-0.15, -0.1) is 0 Å². The van der Waals surface area contributed by atoms with Crippen LogP contribution in [0.25, 0.3) is 32.2 Å². The normalized spacial score (nSPS) is 23.4. The summed E-state index contributed by atoms with van der Waals surface area (Å²) in [4.78, 5) is 18.5. The van der Waals surface area contributed by atoms with Gasteiger partial charge in [-0.2, -0.15) is 9.97 Å². The number of likely N-dealkylation sites (N-methyl/N-ethyl adjacent to an activating group) is 1. The van der Waals surface area contributed by atoms with Crippen molar-refractivity contribution in [1.29, 1.82) is 0 Å². The molecule has 204 valence electrons. The lowest BCUT2D eigenvalue weighted by molar-refractivity contribution is 0.188. The van der Waals surface area contributed by atoms with E-state index in [-0.39, 0.29) is 17.1 Å². The molecule has 0 amide bonds. The van der Waals surface area contributed by atoms with Crippen LogP contribution in [-0.2, 0) is 0 Å². The Bertz CT molecular complexity index is 1580. The molecule has 3 aliphatic heterocycles. The fourth-order valence-electron chi connectivity index (χ4n) is 6.39. The van der Waals surface area contributed by atoms with E-state index >= 15 is 4.39 Å². The van der Waals surface area contributed by atoms with E-state index in [1.807, 2.05) is 19.1 Å². The van der Waals surface area contributed by atoms with Crippen molar-refractivity contribution in [2.24, 2.45) is 0 Å². The number of nitrogens with two attached hydrogens (primary N) is 1. The van der Waals surface area contributed by atoms with Crippen LogP contribution in [0.4, 0.5) is 15.3 Å². The number of likely N-dealkylation sites (tertiary alicyclic amines) is 1. The number of fused-ring (bicyclic) bond motifs is 4. The molecule has 7 rings (SSSR count). The number of nitrogens with zero attached hydrogens (tertiary/aromatic N) is 5. The van der Waals surface area contributed by atoms with Crippen molar-refractivity contribution in [3.05, 3.63) is 34.6 Å². The minimum absolute atomic E-state index is 0.197. The zero-order valence-electron chi connectivity index (χ0n) is 22.0. The van der Waals surface area contributed by atoms with Gasteiger partial charge in [-0.3, -0.25) is 0 Å². The van der Waals surface area contributed by atoms with Gasteiger partial charge in [-0.05, 0) is 57.8 Å². The summed E-state index contributed by atoms with van der Waals surface area (Å²) in [5.74, 6) is 0.172. The van der Waals surface area contributed by atoms with Crippen molar-refractivity contribution in [3.63, 3.8) is 0 Å². The summed E-state index contributed by atoms with van der Waals surface area (Å²) in [6.45, 7) is 5.10. The Morgan fingerprint density at radius 3 is 2.69 bits per heavy atom. The van der Waals surface area contributed by atoms with Crippen LogP contribution in [0.2, 0.25) is 5.02 Å². The molecule has 2 aromatic carbocycles. The van der Waals surface area contributed by atoms with E-state index in [1.54, 1.807) is 6.07 Å². The fourth-order valence-corrected chi connectivity index (χ4v) is 7.52. The molecule has 8 nitrogen and oxygen atoms in total. The first kappa shape index (κ1) is 25.2. The van der Waals surface area contributed by atoms with Gasteiger partial charge in [-0.25, -0.2) is 9.37 Å². The van der Waals surface area contributed by atoms with Crippen LogP contribution in [-0.4, -0.2) is 71.3 Å². The van der Waals surface area contributed by atoms with Crippen LogP contribution in [0, 0.1) is 12.7 Å². The first-order valence-electron chi connectivity index (χ1n) is 13.6. The summed E-state index contributed by atoms with van der Waals surface area (Å²) < 4.78 is 23.7. The van der Waals surface area contributed by atoms with E-state index in [0.717, 1.165) is 55.6 Å². The summed E-state index contributed by atoms with van der Waals surface area (Å²) in [5.41, 5.74) is 8.80. The highest BCUT2D eigenvalue weighted by Gasteiger charge is 2.34. The summed E-state index contributed by atoms with van der Waals surface area (Å²) in [6, 6.07) is 6.87. The maximum atomic E-state index is 16.6. The third-order valence-corrected chi connectivity index (χ3v) is 9.78. The summed E-state index contributed by atoms with van der Waals surface area (Å²) in [5, 5.41) is 4.98. The van der Waals surface area contributed by atoms with Crippen molar-refractivity contribution >= 4 is 55.0 Å². The molecule has 2 aromatic heterocycles. The Labute approximate surface area is 235 Å². The van der Waals surface area contributed by atoms with Crippen LogP contribution >= 0.6 is 22.9 Å². The second kappa shape index (κ2) is 9.69. The molecule has 5 heterocycles. The number of aromatic nitrogens is 3. The Morgan fingerprint density at radius 2 is 1.95 bits per heavy atom. The van der Waals surface area contributed by atoms with Gasteiger partial charge in [0.15, 0.2) is 10.9 Å². The number of rotatable bonds is 5. The number of hydrogen-bond acceptors (Lipinski definition) is 9. The molecule has 39 heavy (non-hydrogen) atoms.